The molecule has 2 aliphatic rings. The number of hydrogen-bond donors (Lipinski definition) is 0. The fourth-order valence-electron chi connectivity index (χ4n) is 3.23. The van der Waals surface area contributed by atoms with Crippen LogP contribution in [0.15, 0.2) is 30.3 Å². The third kappa shape index (κ3) is 1.76. The van der Waals surface area contributed by atoms with Crippen LogP contribution < -0.4 is 0 Å². The van der Waals surface area contributed by atoms with Crippen LogP contribution in [0.2, 0.25) is 0 Å². The Kier molecular flexibility index (Phi) is 2.70. The lowest BCUT2D eigenvalue weighted by molar-refractivity contribution is 0.127. The number of likely N-dealkylation sites (N-methyl/N-ethyl adjacent to an activating group) is 1. The van der Waals surface area contributed by atoms with Crippen LogP contribution in [0.4, 0.5) is 0 Å². The second kappa shape index (κ2) is 4.19. The molecule has 2 atom stereocenters. The van der Waals surface area contributed by atoms with Crippen LogP contribution in [0.3, 0.4) is 0 Å². The minimum absolute atomic E-state index is 0.810. The molecule has 86 valence electrons. The standard InChI is InChI=1S/C14H20N2/c1-2-15-10-14-8-13(15)11-16(14)9-12-6-4-3-5-7-12/h3-7,13-14H,2,8-11H2,1H3. The molecule has 2 saturated heterocycles. The van der Waals surface area contributed by atoms with Crippen LogP contribution in [-0.4, -0.2) is 41.5 Å². The van der Waals surface area contributed by atoms with E-state index in [1.54, 1.807) is 0 Å². The summed E-state index contributed by atoms with van der Waals surface area (Å²) in [5.41, 5.74) is 1.46. The zero-order valence-corrected chi connectivity index (χ0v) is 9.97. The van der Waals surface area contributed by atoms with E-state index < -0.39 is 0 Å². The van der Waals surface area contributed by atoms with E-state index in [0.717, 1.165) is 18.6 Å². The Morgan fingerprint density at radius 1 is 1.06 bits per heavy atom. The van der Waals surface area contributed by atoms with Crippen molar-refractivity contribution in [1.29, 1.82) is 0 Å². The molecule has 0 saturated carbocycles. The SMILES string of the molecule is CCN1CC2CC1CN2Cc1ccccc1. The van der Waals surface area contributed by atoms with Crippen LogP contribution in [0.1, 0.15) is 18.9 Å². The monoisotopic (exact) mass is 216 g/mol. The summed E-state index contributed by atoms with van der Waals surface area (Å²) in [6.07, 6.45) is 1.39. The molecule has 16 heavy (non-hydrogen) atoms. The van der Waals surface area contributed by atoms with E-state index in [1.165, 1.54) is 31.6 Å². The Morgan fingerprint density at radius 2 is 1.75 bits per heavy atom. The quantitative estimate of drug-likeness (QED) is 0.762. The largest absolute Gasteiger partial charge is 0.298 e. The Morgan fingerprint density at radius 3 is 2.38 bits per heavy atom. The third-order valence-corrected chi connectivity index (χ3v) is 4.10. The number of likely N-dealkylation sites (tertiary alicyclic amines) is 2. The van der Waals surface area contributed by atoms with E-state index in [1.807, 2.05) is 0 Å². The van der Waals surface area contributed by atoms with Crippen molar-refractivity contribution in [2.24, 2.45) is 0 Å². The van der Waals surface area contributed by atoms with E-state index in [-0.39, 0.29) is 0 Å². The first kappa shape index (κ1) is 10.3. The molecule has 0 aromatic heterocycles. The summed E-state index contributed by atoms with van der Waals surface area (Å²) in [5.74, 6) is 0. The fourth-order valence-corrected chi connectivity index (χ4v) is 3.23. The summed E-state index contributed by atoms with van der Waals surface area (Å²) in [7, 11) is 0. The van der Waals surface area contributed by atoms with Gasteiger partial charge in [-0.25, -0.2) is 0 Å². The smallest absolute Gasteiger partial charge is 0.0242 e. The van der Waals surface area contributed by atoms with Gasteiger partial charge >= 0.3 is 0 Å². The first-order chi connectivity index (χ1) is 7.86. The van der Waals surface area contributed by atoms with Gasteiger partial charge in [0.1, 0.15) is 0 Å². The van der Waals surface area contributed by atoms with Crippen molar-refractivity contribution in [3.8, 4) is 0 Å². The number of piperazine rings is 1. The normalized spacial score (nSPS) is 30.1. The number of benzene rings is 1. The van der Waals surface area contributed by atoms with E-state index in [4.69, 9.17) is 0 Å². The molecule has 1 aromatic carbocycles. The van der Waals surface area contributed by atoms with E-state index >= 15 is 0 Å². The maximum absolute atomic E-state index is 2.66. The summed E-state index contributed by atoms with van der Waals surface area (Å²) in [6.45, 7) is 7.20. The summed E-state index contributed by atoms with van der Waals surface area (Å²) >= 11 is 0. The van der Waals surface area contributed by atoms with Gasteiger partial charge in [0, 0.05) is 31.7 Å². The van der Waals surface area contributed by atoms with Gasteiger partial charge in [0.2, 0.25) is 0 Å². The summed E-state index contributed by atoms with van der Waals surface area (Å²) in [4.78, 5) is 5.29. The van der Waals surface area contributed by atoms with Crippen LogP contribution in [0.25, 0.3) is 0 Å². The van der Waals surface area contributed by atoms with E-state index in [0.29, 0.717) is 0 Å². The molecule has 2 aliphatic heterocycles. The van der Waals surface area contributed by atoms with E-state index in [2.05, 4.69) is 47.1 Å². The summed E-state index contributed by atoms with van der Waals surface area (Å²) < 4.78 is 0. The summed E-state index contributed by atoms with van der Waals surface area (Å²) in [6, 6.07) is 12.5. The molecule has 2 unspecified atom stereocenters. The van der Waals surface area contributed by atoms with Crippen LogP contribution in [0, 0.1) is 0 Å². The molecule has 0 amide bonds. The van der Waals surface area contributed by atoms with Gasteiger partial charge in [0.05, 0.1) is 0 Å². The third-order valence-electron chi connectivity index (χ3n) is 4.10. The van der Waals surface area contributed by atoms with Gasteiger partial charge in [-0.05, 0) is 18.5 Å². The number of hydrogen-bond acceptors (Lipinski definition) is 2. The van der Waals surface area contributed by atoms with Crippen molar-refractivity contribution in [3.05, 3.63) is 35.9 Å². The van der Waals surface area contributed by atoms with Crippen molar-refractivity contribution < 1.29 is 0 Å². The molecule has 0 N–H and O–H groups in total. The lowest BCUT2D eigenvalue weighted by atomic mass is 10.2. The molecule has 0 spiro atoms. The van der Waals surface area contributed by atoms with Gasteiger partial charge < -0.3 is 0 Å². The molecule has 1 aromatic rings. The number of nitrogens with zero attached hydrogens (tertiary/aromatic N) is 2. The predicted octanol–water partition coefficient (Wildman–Crippen LogP) is 1.97. The molecule has 2 nitrogen and oxygen atoms in total. The molecule has 2 fully saturated rings. The van der Waals surface area contributed by atoms with Gasteiger partial charge in [0.25, 0.3) is 0 Å². The molecular formula is C14H20N2. The van der Waals surface area contributed by atoms with Gasteiger partial charge in [-0.2, -0.15) is 0 Å². The highest BCUT2D eigenvalue weighted by atomic mass is 15.3. The van der Waals surface area contributed by atoms with Crippen molar-refractivity contribution in [1.82, 2.24) is 9.80 Å². The van der Waals surface area contributed by atoms with Crippen molar-refractivity contribution in [3.63, 3.8) is 0 Å². The fraction of sp³-hybridized carbons (Fsp3) is 0.571. The van der Waals surface area contributed by atoms with Gasteiger partial charge in [0.15, 0.2) is 0 Å². The van der Waals surface area contributed by atoms with Gasteiger partial charge in [-0.3, -0.25) is 9.80 Å². The maximum atomic E-state index is 2.66. The highest BCUT2D eigenvalue weighted by molar-refractivity contribution is 5.15. The predicted molar refractivity (Wildman–Crippen MR) is 66.3 cm³/mol. The first-order valence-corrected chi connectivity index (χ1v) is 6.39. The highest BCUT2D eigenvalue weighted by Crippen LogP contribution is 2.31. The van der Waals surface area contributed by atoms with E-state index in [9.17, 15) is 0 Å². The minimum atomic E-state index is 0.810. The highest BCUT2D eigenvalue weighted by Gasteiger charge is 2.41. The second-order valence-corrected chi connectivity index (χ2v) is 5.05. The molecule has 2 heteroatoms. The number of rotatable bonds is 3. The van der Waals surface area contributed by atoms with Crippen LogP contribution >= 0.6 is 0 Å². The van der Waals surface area contributed by atoms with Gasteiger partial charge in [-0.15, -0.1) is 0 Å². The average molecular weight is 216 g/mol. The molecule has 0 aliphatic carbocycles. The van der Waals surface area contributed by atoms with Crippen molar-refractivity contribution in [2.75, 3.05) is 19.6 Å². The van der Waals surface area contributed by atoms with Gasteiger partial charge in [-0.1, -0.05) is 37.3 Å². The van der Waals surface area contributed by atoms with Crippen LogP contribution in [0.5, 0.6) is 0 Å². The lowest BCUT2D eigenvalue weighted by Crippen LogP contribution is -2.45. The topological polar surface area (TPSA) is 6.48 Å². The summed E-state index contributed by atoms with van der Waals surface area (Å²) in [5, 5.41) is 0. The maximum Gasteiger partial charge on any atom is 0.0242 e. The Bertz CT molecular complexity index is 349. The molecule has 2 heterocycles. The molecule has 3 rings (SSSR count). The van der Waals surface area contributed by atoms with Crippen molar-refractivity contribution in [2.45, 2.75) is 32.0 Å². The Balaban J connectivity index is 1.64. The first-order valence-electron chi connectivity index (χ1n) is 6.39. The Hall–Kier alpha value is -0.860. The lowest BCUT2D eigenvalue weighted by Gasteiger charge is -2.33. The average Bonchev–Trinajstić information content (AvgIpc) is 2.89. The number of fused-ring (bicyclic) bond motifs is 2. The zero-order valence-electron chi connectivity index (χ0n) is 9.97. The van der Waals surface area contributed by atoms with Crippen molar-refractivity contribution >= 4 is 0 Å². The minimum Gasteiger partial charge on any atom is -0.298 e. The molecular weight excluding hydrogens is 196 g/mol. The Labute approximate surface area is 97.9 Å². The zero-order chi connectivity index (χ0) is 11.0. The molecule has 2 bridgehead atoms. The van der Waals surface area contributed by atoms with Crippen LogP contribution in [-0.2, 0) is 6.54 Å². The second-order valence-electron chi connectivity index (χ2n) is 5.05. The molecule has 0 radical (unpaired) electrons.